The summed E-state index contributed by atoms with van der Waals surface area (Å²) in [6.45, 7) is 4.35. The molecule has 2 aliphatic rings. The Labute approximate surface area is 341 Å². The Morgan fingerprint density at radius 2 is 0.621 bits per heavy atom. The molecule has 6 nitrogen and oxygen atoms in total. The van der Waals surface area contributed by atoms with Crippen molar-refractivity contribution in [1.29, 1.82) is 0 Å². The number of hydrogen-bond acceptors (Lipinski definition) is 2. The number of aromatic amines is 2. The van der Waals surface area contributed by atoms with Crippen molar-refractivity contribution in [3.05, 3.63) is 155 Å². The quantitative estimate of drug-likeness (QED) is 0.166. The summed E-state index contributed by atoms with van der Waals surface area (Å²) in [5, 5.41) is 0. The van der Waals surface area contributed by atoms with Crippen molar-refractivity contribution >= 4 is 57.7 Å². The van der Waals surface area contributed by atoms with Crippen LogP contribution in [0.5, 0.6) is 0 Å². The molecule has 0 atom stereocenters. The fourth-order valence-electron chi connectivity index (χ4n) is 8.59. The molecule has 0 saturated heterocycles. The van der Waals surface area contributed by atoms with E-state index in [1.54, 1.807) is 0 Å². The summed E-state index contributed by atoms with van der Waals surface area (Å²) >= 11 is 0. The first-order chi connectivity index (χ1) is 27.9. The second-order valence-corrected chi connectivity index (χ2v) is 17.2. The monoisotopic (exact) mass is 758 g/mol. The first-order valence-corrected chi connectivity index (χ1v) is 20.0. The molecule has 5 heterocycles. The van der Waals surface area contributed by atoms with Gasteiger partial charge in [0.1, 0.15) is 11.4 Å². The molecular weight excluding hydrogens is 709 g/mol. The van der Waals surface area contributed by atoms with Gasteiger partial charge in [-0.1, -0.05) is 72.8 Å². The molecule has 6 heteroatoms. The van der Waals surface area contributed by atoms with Crippen molar-refractivity contribution in [2.24, 2.45) is 0 Å². The molecule has 0 radical (unpaired) electrons. The summed E-state index contributed by atoms with van der Waals surface area (Å²) in [6, 6.07) is 43.5. The van der Waals surface area contributed by atoms with Crippen LogP contribution in [0.3, 0.4) is 0 Å². The molecule has 0 aliphatic carbocycles. The molecular formula is C52H50N6+2. The number of fused-ring (bicyclic) bond motifs is 8. The van der Waals surface area contributed by atoms with Crippen LogP contribution in [0.2, 0.25) is 0 Å². The summed E-state index contributed by atoms with van der Waals surface area (Å²) < 4.78 is 1.31. The lowest BCUT2D eigenvalue weighted by molar-refractivity contribution is 0.487. The maximum atomic E-state index is 5.61. The second-order valence-electron chi connectivity index (χ2n) is 17.2. The molecule has 2 aliphatic heterocycles. The number of benzene rings is 4. The first kappa shape index (κ1) is 37.0. The number of quaternary nitrogens is 2. The minimum atomic E-state index is 0.654. The average Bonchev–Trinajstić information content (AvgIpc) is 4.04. The van der Waals surface area contributed by atoms with Gasteiger partial charge in [0.2, 0.25) is 0 Å². The van der Waals surface area contributed by atoms with Gasteiger partial charge in [0, 0.05) is 55.4 Å². The van der Waals surface area contributed by atoms with Crippen molar-refractivity contribution in [3.63, 3.8) is 0 Å². The molecule has 0 spiro atoms. The van der Waals surface area contributed by atoms with E-state index in [9.17, 15) is 0 Å². The van der Waals surface area contributed by atoms with Crippen molar-refractivity contribution in [3.8, 4) is 44.5 Å². The van der Waals surface area contributed by atoms with Gasteiger partial charge in [-0.05, 0) is 109 Å². The third-order valence-electron chi connectivity index (χ3n) is 11.4. The van der Waals surface area contributed by atoms with Gasteiger partial charge in [0.05, 0.1) is 65.1 Å². The van der Waals surface area contributed by atoms with Gasteiger partial charge < -0.3 is 9.97 Å². The molecule has 8 bridgehead atoms. The van der Waals surface area contributed by atoms with Gasteiger partial charge in [-0.15, -0.1) is 0 Å². The highest BCUT2D eigenvalue weighted by Crippen LogP contribution is 2.43. The van der Waals surface area contributed by atoms with E-state index >= 15 is 0 Å². The van der Waals surface area contributed by atoms with E-state index in [-0.39, 0.29) is 0 Å². The summed E-state index contributed by atoms with van der Waals surface area (Å²) in [4.78, 5) is 19.0. The Morgan fingerprint density at radius 1 is 0.345 bits per heavy atom. The molecule has 2 N–H and O–H groups in total. The van der Waals surface area contributed by atoms with Crippen LogP contribution >= 0.6 is 0 Å². The zero-order chi connectivity index (χ0) is 40.3. The van der Waals surface area contributed by atoms with Crippen LogP contribution < -0.4 is 8.97 Å². The lowest BCUT2D eigenvalue weighted by Gasteiger charge is -2.26. The molecule has 58 heavy (non-hydrogen) atoms. The topological polar surface area (TPSA) is 57.4 Å². The number of hydrogen-bond donors (Lipinski definition) is 2. The van der Waals surface area contributed by atoms with E-state index < -0.39 is 0 Å². The zero-order valence-electron chi connectivity index (χ0n) is 34.6. The fourth-order valence-corrected chi connectivity index (χ4v) is 8.59. The number of nitrogens with one attached hydrogen (secondary N) is 2. The Morgan fingerprint density at radius 3 is 0.931 bits per heavy atom. The molecule has 3 aromatic heterocycles. The van der Waals surface area contributed by atoms with E-state index in [0.717, 1.165) is 89.4 Å². The van der Waals surface area contributed by atoms with Crippen LogP contribution in [0.4, 0.5) is 11.4 Å². The Bertz CT molecular complexity index is 2800. The Balaban J connectivity index is 1.52. The highest BCUT2D eigenvalue weighted by molar-refractivity contribution is 6.02. The summed E-state index contributed by atoms with van der Waals surface area (Å²) in [5.41, 5.74) is 21.1. The largest absolute Gasteiger partial charge is 0.354 e. The van der Waals surface area contributed by atoms with Gasteiger partial charge in [0.15, 0.2) is 0 Å². The molecule has 0 saturated carbocycles. The SMILES string of the molecule is Cc1ccccc1-c1c2nc(c(-c3ccccc3C)c3ccc([nH]3)c(-c3ccccc3[N+](C)(C)C)c3nc(c(-c4ccccc4[N+](C)(C)C)c4ccc1[nH]4)C=C3)C=C2. The zero-order valence-corrected chi connectivity index (χ0v) is 34.6. The molecule has 286 valence electrons. The van der Waals surface area contributed by atoms with Crippen LogP contribution in [0.15, 0.2) is 121 Å². The lowest BCUT2D eigenvalue weighted by Crippen LogP contribution is -2.35. The van der Waals surface area contributed by atoms with Crippen molar-refractivity contribution in [2.75, 3.05) is 42.3 Å². The maximum absolute atomic E-state index is 5.61. The van der Waals surface area contributed by atoms with Crippen LogP contribution in [-0.4, -0.2) is 62.2 Å². The third kappa shape index (κ3) is 6.50. The highest BCUT2D eigenvalue weighted by atomic mass is 15.3. The number of aryl methyl sites for hydroxylation is 2. The highest BCUT2D eigenvalue weighted by Gasteiger charge is 2.26. The summed E-state index contributed by atoms with van der Waals surface area (Å²) in [6.07, 6.45) is 8.73. The van der Waals surface area contributed by atoms with Gasteiger partial charge in [-0.3, -0.25) is 8.97 Å². The number of para-hydroxylation sites is 2. The van der Waals surface area contributed by atoms with E-state index in [1.165, 1.54) is 22.5 Å². The summed E-state index contributed by atoms with van der Waals surface area (Å²) in [5.74, 6) is 0. The Hall–Kier alpha value is -6.60. The van der Waals surface area contributed by atoms with Crippen LogP contribution in [0.1, 0.15) is 33.9 Å². The van der Waals surface area contributed by atoms with Crippen LogP contribution in [0.25, 0.3) is 90.9 Å². The minimum Gasteiger partial charge on any atom is -0.354 e. The number of H-pyrrole nitrogens is 2. The normalized spacial score (nSPS) is 12.7. The van der Waals surface area contributed by atoms with Crippen LogP contribution in [0, 0.1) is 13.8 Å². The molecule has 0 fully saturated rings. The van der Waals surface area contributed by atoms with Gasteiger partial charge in [0.25, 0.3) is 0 Å². The van der Waals surface area contributed by atoms with E-state index in [1.807, 2.05) is 0 Å². The molecule has 9 rings (SSSR count). The van der Waals surface area contributed by atoms with E-state index in [0.29, 0.717) is 8.97 Å². The minimum absolute atomic E-state index is 0.654. The Kier molecular flexibility index (Phi) is 9.00. The first-order valence-electron chi connectivity index (χ1n) is 20.0. The van der Waals surface area contributed by atoms with Gasteiger partial charge in [-0.2, -0.15) is 0 Å². The maximum Gasteiger partial charge on any atom is 0.140 e. The molecule has 7 aromatic rings. The number of nitrogens with zero attached hydrogens (tertiary/aromatic N) is 4. The molecule has 0 amide bonds. The molecule has 4 aromatic carbocycles. The lowest BCUT2D eigenvalue weighted by atomic mass is 9.99. The number of aromatic nitrogens is 4. The standard InChI is InChI=1S/C52H50N6/c1-33-17-9-11-19-35(33)49-39-25-26-40(53-39)50(36-20-12-10-18-34(36)2)42-28-30-44(55-42)52(38-22-14-16-24-48(38)58(6,7)8)46-32-31-45(56-46)51(43-29-27-41(49)54-43)37-21-13-15-23-47(37)57(3,4)5/h9-32,54-55H,1-8H3/q+2. The average molecular weight is 759 g/mol. The van der Waals surface area contributed by atoms with E-state index in [2.05, 4.69) is 212 Å². The molecule has 0 unspecified atom stereocenters. The van der Waals surface area contributed by atoms with E-state index in [4.69, 9.17) is 9.97 Å². The second kappa shape index (κ2) is 14.1. The van der Waals surface area contributed by atoms with Crippen molar-refractivity contribution in [2.45, 2.75) is 13.8 Å². The third-order valence-corrected chi connectivity index (χ3v) is 11.4. The van der Waals surface area contributed by atoms with Crippen LogP contribution in [-0.2, 0) is 0 Å². The summed E-state index contributed by atoms with van der Waals surface area (Å²) in [7, 11) is 13.3. The number of rotatable bonds is 6. The van der Waals surface area contributed by atoms with Crippen molar-refractivity contribution < 1.29 is 0 Å². The van der Waals surface area contributed by atoms with Gasteiger partial charge >= 0.3 is 0 Å². The van der Waals surface area contributed by atoms with Crippen molar-refractivity contribution in [1.82, 2.24) is 28.9 Å². The fraction of sp³-hybridized carbons (Fsp3) is 0.154. The van der Waals surface area contributed by atoms with Gasteiger partial charge in [-0.25, -0.2) is 9.97 Å². The smallest absolute Gasteiger partial charge is 0.140 e. The predicted octanol–water partition coefficient (Wildman–Crippen LogP) is 12.3. The predicted molar refractivity (Wildman–Crippen MR) is 249 cm³/mol.